The van der Waals surface area contributed by atoms with Crippen molar-refractivity contribution in [2.75, 3.05) is 37.7 Å². The van der Waals surface area contributed by atoms with Crippen LogP contribution in [0.3, 0.4) is 0 Å². The summed E-state index contributed by atoms with van der Waals surface area (Å²) in [4.78, 5) is 18.8. The van der Waals surface area contributed by atoms with E-state index >= 15 is 8.78 Å². The molecule has 3 aliphatic rings. The van der Waals surface area contributed by atoms with Crippen molar-refractivity contribution in [1.29, 1.82) is 0 Å². The second-order valence-electron chi connectivity index (χ2n) is 15.9. The molecule has 270 valence electrons. The molecule has 7 rings (SSSR count). The molecule has 3 fully saturated rings. The fourth-order valence-corrected chi connectivity index (χ4v) is 14.7. The van der Waals surface area contributed by atoms with Gasteiger partial charge in [-0.05, 0) is 79.7 Å². The number of hydrogen-bond acceptors (Lipinski definition) is 7. The molecular weight excluding hydrogens is 661 g/mol. The highest BCUT2D eigenvalue weighted by Crippen LogP contribution is 2.43. The molecule has 0 radical (unpaired) electrons. The molecule has 2 aromatic carbocycles. The Morgan fingerprint density at radius 1 is 0.941 bits per heavy atom. The first-order chi connectivity index (χ1) is 24.4. The number of pyridine rings is 1. The number of benzene rings is 2. The van der Waals surface area contributed by atoms with E-state index in [0.29, 0.717) is 71.3 Å². The van der Waals surface area contributed by atoms with Crippen molar-refractivity contribution in [2.24, 2.45) is 0 Å². The van der Waals surface area contributed by atoms with Crippen molar-refractivity contribution in [1.82, 2.24) is 19.9 Å². The minimum atomic E-state index is -2.20. The highest BCUT2D eigenvalue weighted by Gasteiger charge is 2.45. The molecule has 4 aromatic rings. The second-order valence-corrected chi connectivity index (χ2v) is 21.5. The maximum Gasteiger partial charge on any atom is 0.319 e. The molecule has 5 heterocycles. The van der Waals surface area contributed by atoms with Gasteiger partial charge in [0.25, 0.3) is 0 Å². The fraction of sp³-hybridized carbons (Fsp3) is 0.537. The summed E-state index contributed by atoms with van der Waals surface area (Å²) < 4.78 is 39.5. The van der Waals surface area contributed by atoms with E-state index in [2.05, 4.69) is 62.8 Å². The van der Waals surface area contributed by atoms with Crippen LogP contribution in [0.1, 0.15) is 85.6 Å². The molecule has 0 saturated carbocycles. The molecule has 1 N–H and O–H groups in total. The summed E-state index contributed by atoms with van der Waals surface area (Å²) in [6, 6.07) is 8.87. The van der Waals surface area contributed by atoms with Crippen molar-refractivity contribution in [3.8, 4) is 28.7 Å². The van der Waals surface area contributed by atoms with E-state index in [0.717, 1.165) is 44.2 Å². The predicted molar refractivity (Wildman–Crippen MR) is 204 cm³/mol. The van der Waals surface area contributed by atoms with Crippen molar-refractivity contribution in [3.63, 3.8) is 0 Å². The van der Waals surface area contributed by atoms with Crippen molar-refractivity contribution < 1.29 is 18.6 Å². The number of halogens is 2. The normalized spacial score (nSPS) is 18.3. The van der Waals surface area contributed by atoms with Gasteiger partial charge in [-0.1, -0.05) is 71.7 Å². The number of rotatable bonds is 8. The Kier molecular flexibility index (Phi) is 9.85. The topological polar surface area (TPSA) is 74.6 Å². The highest BCUT2D eigenvalue weighted by atomic mass is 28.3. The molecule has 2 aromatic heterocycles. The van der Waals surface area contributed by atoms with Gasteiger partial charge in [-0.2, -0.15) is 9.97 Å². The molecule has 3 aliphatic heterocycles. The Balaban J connectivity index is 1.38. The monoisotopic (exact) mass is 711 g/mol. The number of ether oxygens (including phenoxy) is 1. The number of piperidine rings is 1. The first-order valence-electron chi connectivity index (χ1n) is 18.9. The zero-order valence-corrected chi connectivity index (χ0v) is 31.9. The molecule has 0 amide bonds. The second kappa shape index (κ2) is 14.1. The molecule has 0 unspecified atom stereocenters. The van der Waals surface area contributed by atoms with Gasteiger partial charge >= 0.3 is 6.01 Å². The van der Waals surface area contributed by atoms with Gasteiger partial charge < -0.3 is 14.7 Å². The molecule has 0 atom stereocenters. The summed E-state index contributed by atoms with van der Waals surface area (Å²) in [7, 11) is -2.20. The van der Waals surface area contributed by atoms with Gasteiger partial charge in [0.05, 0.1) is 22.6 Å². The lowest BCUT2D eigenvalue weighted by Gasteiger charge is -2.38. The quantitative estimate of drug-likeness (QED) is 0.145. The van der Waals surface area contributed by atoms with Crippen molar-refractivity contribution in [2.45, 2.75) is 108 Å². The summed E-state index contributed by atoms with van der Waals surface area (Å²) in [6.07, 6.45) is 6.85. The Morgan fingerprint density at radius 3 is 2.29 bits per heavy atom. The summed E-state index contributed by atoms with van der Waals surface area (Å²) in [5, 5.41) is 12.0. The van der Waals surface area contributed by atoms with Gasteiger partial charge in [0.2, 0.25) is 0 Å². The first kappa shape index (κ1) is 35.7. The van der Waals surface area contributed by atoms with Crippen LogP contribution >= 0.6 is 0 Å². The number of hydrogen-bond donors (Lipinski definition) is 1. The minimum absolute atomic E-state index is 0.0265. The van der Waals surface area contributed by atoms with Gasteiger partial charge in [0, 0.05) is 30.2 Å². The third-order valence-corrected chi connectivity index (χ3v) is 18.5. The third-order valence-electron chi connectivity index (χ3n) is 12.2. The zero-order valence-electron chi connectivity index (χ0n) is 30.9. The highest BCUT2D eigenvalue weighted by molar-refractivity contribution is 6.90. The Hall–Kier alpha value is -3.65. The molecular formula is C41H51F2N5O2Si. The van der Waals surface area contributed by atoms with Crippen LogP contribution in [0.15, 0.2) is 36.5 Å². The van der Waals surface area contributed by atoms with Crippen LogP contribution < -0.4 is 9.64 Å². The average Bonchev–Trinajstić information content (AvgIpc) is 3.69. The molecule has 10 heteroatoms. The number of aliphatic hydroxyl groups excluding tert-OH is 1. The maximum absolute atomic E-state index is 17.2. The zero-order chi connectivity index (χ0) is 36.1. The van der Waals surface area contributed by atoms with Gasteiger partial charge in [0.15, 0.2) is 5.82 Å². The van der Waals surface area contributed by atoms with Crippen LogP contribution in [0.25, 0.3) is 32.9 Å². The van der Waals surface area contributed by atoms with Crippen LogP contribution in [-0.4, -0.2) is 77.5 Å². The SMILES string of the molecule is CC(C)[Si](C#Cc1c(F)ccc2cccc(-c3ncc4c(N5CCC(O)CC5)nc(OCC56CCCN5CCC6)nc4c3F)c12)(C(C)C)C(C)C. The third kappa shape index (κ3) is 6.29. The van der Waals surface area contributed by atoms with E-state index < -0.39 is 19.7 Å². The lowest BCUT2D eigenvalue weighted by Crippen LogP contribution is -2.43. The molecule has 51 heavy (non-hydrogen) atoms. The van der Waals surface area contributed by atoms with Crippen LogP contribution in [0.4, 0.5) is 14.6 Å². The molecule has 0 bridgehead atoms. The summed E-state index contributed by atoms with van der Waals surface area (Å²) in [6.45, 7) is 17.1. The Bertz CT molecular complexity index is 1970. The van der Waals surface area contributed by atoms with Gasteiger partial charge in [0.1, 0.15) is 37.5 Å². The lowest BCUT2D eigenvalue weighted by molar-refractivity contribution is 0.107. The minimum Gasteiger partial charge on any atom is -0.461 e. The number of nitrogens with zero attached hydrogens (tertiary/aromatic N) is 5. The standard InChI is InChI=1S/C41H51F2N5O2Si/c1-26(2)51(27(3)4,28(5)6)23-16-31-34(42)13-12-29-10-7-11-32(35(29)31)37-36(43)38-33(24-44-37)39(47-21-14-30(49)15-22-47)46-40(45-38)50-25-41-17-8-19-48(41)20-9-18-41/h7,10-13,24,26-28,30,49H,8-9,14-15,17-22,25H2,1-6H3. The van der Waals surface area contributed by atoms with Crippen LogP contribution in [0, 0.1) is 23.1 Å². The number of fused-ring (bicyclic) bond motifs is 3. The maximum atomic E-state index is 17.2. The van der Waals surface area contributed by atoms with Gasteiger partial charge in [-0.25, -0.2) is 8.78 Å². The van der Waals surface area contributed by atoms with Crippen molar-refractivity contribution in [3.05, 3.63) is 53.7 Å². The number of aliphatic hydroxyl groups is 1. The van der Waals surface area contributed by atoms with Crippen LogP contribution in [0.2, 0.25) is 16.6 Å². The summed E-state index contributed by atoms with van der Waals surface area (Å²) in [5.74, 6) is 2.86. The molecule has 7 nitrogen and oxygen atoms in total. The summed E-state index contributed by atoms with van der Waals surface area (Å²) in [5.41, 5.74) is 5.73. The van der Waals surface area contributed by atoms with E-state index in [9.17, 15) is 5.11 Å². The number of anilines is 1. The predicted octanol–water partition coefficient (Wildman–Crippen LogP) is 8.66. The number of aromatic nitrogens is 3. The van der Waals surface area contributed by atoms with Gasteiger partial charge in [-0.15, -0.1) is 5.54 Å². The van der Waals surface area contributed by atoms with Crippen LogP contribution in [-0.2, 0) is 0 Å². The largest absolute Gasteiger partial charge is 0.461 e. The summed E-state index contributed by atoms with van der Waals surface area (Å²) >= 11 is 0. The first-order valence-corrected chi connectivity index (χ1v) is 21.1. The van der Waals surface area contributed by atoms with Crippen molar-refractivity contribution >= 4 is 35.6 Å². The molecule has 0 aliphatic carbocycles. The van der Waals surface area contributed by atoms with E-state index in [1.807, 2.05) is 12.1 Å². The van der Waals surface area contributed by atoms with E-state index in [1.54, 1.807) is 18.3 Å². The Labute approximate surface area is 301 Å². The lowest BCUT2D eigenvalue weighted by atomic mass is 9.95. The van der Waals surface area contributed by atoms with Gasteiger partial charge in [-0.3, -0.25) is 9.88 Å². The Morgan fingerprint density at radius 2 is 1.63 bits per heavy atom. The van der Waals surface area contributed by atoms with E-state index in [4.69, 9.17) is 19.7 Å². The molecule has 0 spiro atoms. The van der Waals surface area contributed by atoms with Crippen LogP contribution in [0.5, 0.6) is 6.01 Å². The smallest absolute Gasteiger partial charge is 0.319 e. The fourth-order valence-electron chi connectivity index (χ4n) is 9.53. The average molecular weight is 712 g/mol. The molecule has 3 saturated heterocycles. The van der Waals surface area contributed by atoms with E-state index in [1.165, 1.54) is 6.07 Å². The van der Waals surface area contributed by atoms with E-state index in [-0.39, 0.29) is 34.4 Å².